The van der Waals surface area contributed by atoms with Crippen LogP contribution >= 0.6 is 0 Å². The Morgan fingerprint density at radius 3 is 2.92 bits per heavy atom. The summed E-state index contributed by atoms with van der Waals surface area (Å²) in [7, 11) is 1.87. The maximum Gasteiger partial charge on any atom is 0.151 e. The van der Waals surface area contributed by atoms with Gasteiger partial charge in [0.05, 0.1) is 25.5 Å². The summed E-state index contributed by atoms with van der Waals surface area (Å²) in [6.45, 7) is 2.16. The SMILES string of the molecule is Cn1cc(-c2c[c]cc(OCCC(=O)CNN3CCC(O)CC3)c2)cn1. The average Bonchev–Trinajstić information content (AvgIpc) is 3.08. The summed E-state index contributed by atoms with van der Waals surface area (Å²) in [5, 5.41) is 15.6. The van der Waals surface area contributed by atoms with E-state index >= 15 is 0 Å². The normalized spacial score (nSPS) is 15.9. The van der Waals surface area contributed by atoms with E-state index < -0.39 is 0 Å². The number of aromatic nitrogens is 2. The minimum absolute atomic E-state index is 0.100. The number of carbonyl (C=O) groups is 1. The third-order valence-corrected chi connectivity index (χ3v) is 4.41. The lowest BCUT2D eigenvalue weighted by Gasteiger charge is -2.29. The van der Waals surface area contributed by atoms with E-state index in [1.807, 2.05) is 30.4 Å². The Kier molecular flexibility index (Phi) is 6.38. The van der Waals surface area contributed by atoms with Gasteiger partial charge in [0.15, 0.2) is 5.78 Å². The Bertz CT molecular complexity index is 723. The minimum Gasteiger partial charge on any atom is -0.493 e. The molecule has 26 heavy (non-hydrogen) atoms. The molecule has 1 aliphatic heterocycles. The quantitative estimate of drug-likeness (QED) is 0.739. The molecule has 2 heterocycles. The van der Waals surface area contributed by atoms with Gasteiger partial charge in [0.2, 0.25) is 0 Å². The molecular formula is C19H25N4O3. The van der Waals surface area contributed by atoms with Crippen LogP contribution in [0.15, 0.2) is 30.6 Å². The zero-order chi connectivity index (χ0) is 18.4. The lowest BCUT2D eigenvalue weighted by molar-refractivity contribution is -0.119. The van der Waals surface area contributed by atoms with E-state index in [1.54, 1.807) is 16.9 Å². The lowest BCUT2D eigenvalue weighted by Crippen LogP contribution is -2.46. The highest BCUT2D eigenvalue weighted by Gasteiger charge is 2.17. The van der Waals surface area contributed by atoms with E-state index in [-0.39, 0.29) is 11.9 Å². The van der Waals surface area contributed by atoms with Crippen molar-refractivity contribution in [3.05, 3.63) is 36.7 Å². The summed E-state index contributed by atoms with van der Waals surface area (Å²) in [6.07, 6.45) is 5.35. The fourth-order valence-electron chi connectivity index (χ4n) is 2.87. The number of hydrogen-bond donors (Lipinski definition) is 2. The molecule has 2 aromatic rings. The van der Waals surface area contributed by atoms with Gasteiger partial charge in [0.1, 0.15) is 5.75 Å². The van der Waals surface area contributed by atoms with Crippen LogP contribution in [0.2, 0.25) is 0 Å². The van der Waals surface area contributed by atoms with Crippen LogP contribution in [-0.4, -0.2) is 58.0 Å². The van der Waals surface area contributed by atoms with Crippen LogP contribution in [0.1, 0.15) is 19.3 Å². The van der Waals surface area contributed by atoms with Crippen LogP contribution < -0.4 is 10.2 Å². The Morgan fingerprint density at radius 2 is 2.19 bits per heavy atom. The predicted molar refractivity (Wildman–Crippen MR) is 97.4 cm³/mol. The summed E-state index contributed by atoms with van der Waals surface area (Å²) >= 11 is 0. The van der Waals surface area contributed by atoms with Crippen molar-refractivity contribution in [1.82, 2.24) is 20.2 Å². The Hall–Kier alpha value is -2.22. The molecule has 0 bridgehead atoms. The first kappa shape index (κ1) is 18.6. The Balaban J connectivity index is 1.40. The second-order valence-corrected chi connectivity index (χ2v) is 6.55. The molecule has 1 radical (unpaired) electrons. The molecule has 7 nitrogen and oxygen atoms in total. The molecule has 0 unspecified atom stereocenters. The van der Waals surface area contributed by atoms with Crippen molar-refractivity contribution in [2.75, 3.05) is 26.2 Å². The van der Waals surface area contributed by atoms with Gasteiger partial charge in [-0.25, -0.2) is 10.4 Å². The topological polar surface area (TPSA) is 79.6 Å². The minimum atomic E-state index is -0.212. The predicted octanol–water partition coefficient (Wildman–Crippen LogP) is 1.19. The molecule has 7 heteroatoms. The largest absolute Gasteiger partial charge is 0.493 e. The van der Waals surface area contributed by atoms with Crippen LogP contribution in [0, 0.1) is 6.07 Å². The van der Waals surface area contributed by atoms with Gasteiger partial charge in [0, 0.05) is 38.3 Å². The number of benzene rings is 1. The number of aliphatic hydroxyl groups is 1. The van der Waals surface area contributed by atoms with Crippen LogP contribution in [0.25, 0.3) is 11.1 Å². The van der Waals surface area contributed by atoms with E-state index in [2.05, 4.69) is 16.6 Å². The van der Waals surface area contributed by atoms with Crippen molar-refractivity contribution in [3.63, 3.8) is 0 Å². The van der Waals surface area contributed by atoms with Gasteiger partial charge in [-0.1, -0.05) is 0 Å². The van der Waals surface area contributed by atoms with Gasteiger partial charge in [-0.05, 0) is 42.7 Å². The molecule has 0 spiro atoms. The molecule has 1 aliphatic rings. The molecule has 3 rings (SSSR count). The van der Waals surface area contributed by atoms with Gasteiger partial charge in [-0.15, -0.1) is 0 Å². The Morgan fingerprint density at radius 1 is 1.38 bits per heavy atom. The average molecular weight is 357 g/mol. The van der Waals surface area contributed by atoms with E-state index in [1.165, 1.54) is 0 Å². The van der Waals surface area contributed by atoms with Crippen molar-refractivity contribution in [3.8, 4) is 16.9 Å². The number of nitrogens with one attached hydrogen (secondary N) is 1. The molecule has 2 N–H and O–H groups in total. The number of ketones is 1. The third kappa shape index (κ3) is 5.39. The number of aryl methyl sites for hydroxylation is 1. The van der Waals surface area contributed by atoms with E-state index in [0.717, 1.165) is 37.1 Å². The first-order valence-corrected chi connectivity index (χ1v) is 8.91. The monoisotopic (exact) mass is 357 g/mol. The lowest BCUT2D eigenvalue weighted by atomic mass is 10.1. The van der Waals surface area contributed by atoms with Crippen LogP contribution in [-0.2, 0) is 11.8 Å². The van der Waals surface area contributed by atoms with Crippen LogP contribution in [0.5, 0.6) is 5.75 Å². The van der Waals surface area contributed by atoms with E-state index in [4.69, 9.17) is 4.74 Å². The van der Waals surface area contributed by atoms with Crippen molar-refractivity contribution < 1.29 is 14.6 Å². The van der Waals surface area contributed by atoms with Gasteiger partial charge in [-0.3, -0.25) is 9.48 Å². The molecule has 1 fully saturated rings. The smallest absolute Gasteiger partial charge is 0.151 e. The summed E-state index contributed by atoms with van der Waals surface area (Å²) in [5.41, 5.74) is 5.11. The molecule has 1 saturated heterocycles. The summed E-state index contributed by atoms with van der Waals surface area (Å²) in [6, 6.07) is 8.64. The van der Waals surface area contributed by atoms with Crippen molar-refractivity contribution in [1.29, 1.82) is 0 Å². The second-order valence-electron chi connectivity index (χ2n) is 6.55. The summed E-state index contributed by atoms with van der Waals surface area (Å²) < 4.78 is 7.45. The molecule has 0 aliphatic carbocycles. The maximum atomic E-state index is 12.0. The number of rotatable bonds is 8. The zero-order valence-electron chi connectivity index (χ0n) is 15.0. The zero-order valence-corrected chi connectivity index (χ0v) is 15.0. The fraction of sp³-hybridized carbons (Fsp3) is 0.474. The highest BCUT2D eigenvalue weighted by molar-refractivity contribution is 5.80. The van der Waals surface area contributed by atoms with Gasteiger partial charge in [0.25, 0.3) is 0 Å². The number of hydrogen-bond acceptors (Lipinski definition) is 6. The fourth-order valence-corrected chi connectivity index (χ4v) is 2.87. The van der Waals surface area contributed by atoms with Crippen LogP contribution in [0.3, 0.4) is 0 Å². The Labute approximate surface area is 153 Å². The maximum absolute atomic E-state index is 12.0. The molecule has 0 amide bonds. The van der Waals surface area contributed by atoms with Gasteiger partial charge in [-0.2, -0.15) is 5.10 Å². The molecule has 139 valence electrons. The number of ether oxygens (including phenoxy) is 1. The molecule has 0 atom stereocenters. The first-order chi connectivity index (χ1) is 12.6. The van der Waals surface area contributed by atoms with E-state index in [9.17, 15) is 9.90 Å². The summed E-state index contributed by atoms with van der Waals surface area (Å²) in [5.74, 6) is 0.792. The van der Waals surface area contributed by atoms with Crippen molar-refractivity contribution in [2.45, 2.75) is 25.4 Å². The highest BCUT2D eigenvalue weighted by atomic mass is 16.5. The number of hydrazine groups is 1. The standard InChI is InChI=1S/C19H25N4O3/c1-22-14-16(12-20-22)15-3-2-4-19(11-15)26-10-7-18(25)13-21-23-8-5-17(24)6-9-23/h3-4,11-12,14,17,21,24H,5-10,13H2,1H3. The van der Waals surface area contributed by atoms with Gasteiger partial charge < -0.3 is 9.84 Å². The number of aliphatic hydroxyl groups excluding tert-OH is 1. The number of Topliss-reactive ketones (excluding diaryl/α,β-unsaturated/α-hetero) is 1. The van der Waals surface area contributed by atoms with E-state index in [0.29, 0.717) is 25.3 Å². The van der Waals surface area contributed by atoms with Crippen molar-refractivity contribution >= 4 is 5.78 Å². The summed E-state index contributed by atoms with van der Waals surface area (Å²) in [4.78, 5) is 12.0. The molecule has 1 aromatic heterocycles. The number of carbonyl (C=O) groups excluding carboxylic acids is 1. The number of nitrogens with zero attached hydrogens (tertiary/aromatic N) is 3. The first-order valence-electron chi connectivity index (χ1n) is 8.91. The van der Waals surface area contributed by atoms with Gasteiger partial charge >= 0.3 is 0 Å². The molecular weight excluding hydrogens is 332 g/mol. The van der Waals surface area contributed by atoms with Crippen LogP contribution in [0.4, 0.5) is 0 Å². The van der Waals surface area contributed by atoms with Crippen molar-refractivity contribution in [2.24, 2.45) is 7.05 Å². The number of piperidine rings is 1. The molecule has 0 saturated carbocycles. The second kappa shape index (κ2) is 8.93. The third-order valence-electron chi connectivity index (χ3n) is 4.41. The molecule has 1 aromatic carbocycles. The highest BCUT2D eigenvalue weighted by Crippen LogP contribution is 2.23.